The van der Waals surface area contributed by atoms with E-state index in [1.807, 2.05) is 0 Å². The number of aromatic amines is 1. The highest BCUT2D eigenvalue weighted by Gasteiger charge is 2.24. The predicted molar refractivity (Wildman–Crippen MR) is 54.3 cm³/mol. The number of aliphatic carboxylic acids is 1. The molecule has 3 nitrogen and oxygen atoms in total. The van der Waals surface area contributed by atoms with Gasteiger partial charge in [0.25, 0.3) is 0 Å². The van der Waals surface area contributed by atoms with Gasteiger partial charge in [-0.05, 0) is 19.1 Å². The summed E-state index contributed by atoms with van der Waals surface area (Å²) in [6.07, 6.45) is 1.47. The van der Waals surface area contributed by atoms with Gasteiger partial charge in [-0.25, -0.2) is 8.78 Å². The van der Waals surface area contributed by atoms with Crippen LogP contribution in [-0.4, -0.2) is 16.1 Å². The molecule has 1 aromatic heterocycles. The second-order valence-corrected chi connectivity index (χ2v) is 3.59. The standard InChI is InChI=1S/C11H9F2NO2/c1-5(11(15)16)8-7(12)4-6-2-3-14-10(6)9(8)13/h2-5,14H,1H3,(H,15,16). The first-order chi connectivity index (χ1) is 7.52. The Morgan fingerprint density at radius 3 is 2.81 bits per heavy atom. The molecule has 16 heavy (non-hydrogen) atoms. The Labute approximate surface area is 89.7 Å². The average Bonchev–Trinajstić information content (AvgIpc) is 2.65. The largest absolute Gasteiger partial charge is 0.481 e. The number of halogens is 2. The van der Waals surface area contributed by atoms with Crippen molar-refractivity contribution in [3.63, 3.8) is 0 Å². The first kappa shape index (κ1) is 10.6. The van der Waals surface area contributed by atoms with Crippen LogP contribution < -0.4 is 0 Å². The van der Waals surface area contributed by atoms with Crippen molar-refractivity contribution in [1.29, 1.82) is 0 Å². The highest BCUT2D eigenvalue weighted by molar-refractivity contribution is 5.84. The van der Waals surface area contributed by atoms with Crippen molar-refractivity contribution in [3.8, 4) is 0 Å². The summed E-state index contributed by atoms with van der Waals surface area (Å²) in [5, 5.41) is 9.15. The van der Waals surface area contributed by atoms with Crippen LogP contribution in [0.5, 0.6) is 0 Å². The summed E-state index contributed by atoms with van der Waals surface area (Å²) in [6, 6.07) is 2.65. The highest BCUT2D eigenvalue weighted by atomic mass is 19.1. The van der Waals surface area contributed by atoms with E-state index in [2.05, 4.69) is 4.98 Å². The zero-order valence-electron chi connectivity index (χ0n) is 8.42. The number of hydrogen-bond acceptors (Lipinski definition) is 1. The Balaban J connectivity index is 2.73. The number of H-pyrrole nitrogens is 1. The molecule has 1 unspecified atom stereocenters. The normalized spacial score (nSPS) is 12.9. The van der Waals surface area contributed by atoms with E-state index in [0.717, 1.165) is 6.07 Å². The maximum absolute atomic E-state index is 13.8. The molecule has 0 bridgehead atoms. The van der Waals surface area contributed by atoms with Gasteiger partial charge in [0.2, 0.25) is 0 Å². The van der Waals surface area contributed by atoms with E-state index < -0.39 is 29.1 Å². The number of carboxylic acid groups (broad SMARTS) is 1. The SMILES string of the molecule is CC(C(=O)O)c1c(F)cc2cc[nH]c2c1F. The van der Waals surface area contributed by atoms with Gasteiger partial charge in [0, 0.05) is 17.1 Å². The number of carboxylic acids is 1. The third kappa shape index (κ3) is 1.44. The van der Waals surface area contributed by atoms with Crippen LogP contribution in [0.1, 0.15) is 18.4 Å². The van der Waals surface area contributed by atoms with E-state index in [0.29, 0.717) is 5.39 Å². The molecule has 84 valence electrons. The van der Waals surface area contributed by atoms with Crippen molar-refractivity contribution in [2.24, 2.45) is 0 Å². The van der Waals surface area contributed by atoms with E-state index in [1.54, 1.807) is 0 Å². The lowest BCUT2D eigenvalue weighted by Crippen LogP contribution is -2.11. The maximum atomic E-state index is 13.8. The molecule has 0 radical (unpaired) electrons. The molecule has 1 aromatic carbocycles. The van der Waals surface area contributed by atoms with E-state index in [1.165, 1.54) is 19.2 Å². The molecule has 5 heteroatoms. The van der Waals surface area contributed by atoms with Gasteiger partial charge >= 0.3 is 5.97 Å². The molecule has 0 saturated heterocycles. The minimum absolute atomic E-state index is 0.129. The molecule has 2 N–H and O–H groups in total. The molecule has 1 atom stereocenters. The molecule has 2 rings (SSSR count). The lowest BCUT2D eigenvalue weighted by Gasteiger charge is -2.10. The summed E-state index contributed by atoms with van der Waals surface area (Å²) in [7, 11) is 0. The number of aromatic nitrogens is 1. The lowest BCUT2D eigenvalue weighted by atomic mass is 9.98. The third-order valence-corrected chi connectivity index (χ3v) is 2.58. The van der Waals surface area contributed by atoms with Crippen LogP contribution in [-0.2, 0) is 4.79 Å². The van der Waals surface area contributed by atoms with Crippen molar-refractivity contribution >= 4 is 16.9 Å². The van der Waals surface area contributed by atoms with Crippen LogP contribution in [0.4, 0.5) is 8.78 Å². The van der Waals surface area contributed by atoms with Gasteiger partial charge < -0.3 is 10.1 Å². The topological polar surface area (TPSA) is 53.1 Å². The molecule has 0 fully saturated rings. The van der Waals surface area contributed by atoms with Gasteiger partial charge in [-0.2, -0.15) is 0 Å². The number of rotatable bonds is 2. The summed E-state index contributed by atoms with van der Waals surface area (Å²) in [6.45, 7) is 1.25. The molecule has 0 saturated carbocycles. The smallest absolute Gasteiger partial charge is 0.310 e. The van der Waals surface area contributed by atoms with Crippen molar-refractivity contribution in [1.82, 2.24) is 4.98 Å². The molecule has 1 heterocycles. The Morgan fingerprint density at radius 1 is 1.50 bits per heavy atom. The molecule has 0 aliphatic carbocycles. The molecule has 0 spiro atoms. The fourth-order valence-corrected chi connectivity index (χ4v) is 1.67. The zero-order chi connectivity index (χ0) is 11.9. The van der Waals surface area contributed by atoms with Crippen LogP contribution in [0, 0.1) is 11.6 Å². The van der Waals surface area contributed by atoms with Gasteiger partial charge in [-0.1, -0.05) is 0 Å². The molecular weight excluding hydrogens is 216 g/mol. The van der Waals surface area contributed by atoms with Crippen LogP contribution in [0.2, 0.25) is 0 Å². The Bertz CT molecular complexity index is 562. The van der Waals surface area contributed by atoms with Gasteiger partial charge in [0.05, 0.1) is 11.4 Å². The Kier molecular flexibility index (Phi) is 2.38. The summed E-state index contributed by atoms with van der Waals surface area (Å²) < 4.78 is 27.4. The van der Waals surface area contributed by atoms with E-state index >= 15 is 0 Å². The monoisotopic (exact) mass is 225 g/mol. The quantitative estimate of drug-likeness (QED) is 0.825. The summed E-state index contributed by atoms with van der Waals surface area (Å²) in [4.78, 5) is 13.3. The second-order valence-electron chi connectivity index (χ2n) is 3.59. The summed E-state index contributed by atoms with van der Waals surface area (Å²) in [5.74, 6) is -4.15. The second kappa shape index (κ2) is 3.59. The van der Waals surface area contributed by atoms with Crippen LogP contribution in [0.15, 0.2) is 18.3 Å². The van der Waals surface area contributed by atoms with E-state index in [4.69, 9.17) is 5.11 Å². The molecule has 0 aliphatic rings. The number of fused-ring (bicyclic) bond motifs is 1. The third-order valence-electron chi connectivity index (χ3n) is 2.58. The molecular formula is C11H9F2NO2. The molecule has 0 amide bonds. The highest BCUT2D eigenvalue weighted by Crippen LogP contribution is 2.28. The first-order valence-corrected chi connectivity index (χ1v) is 4.70. The fraction of sp³-hybridized carbons (Fsp3) is 0.182. The van der Waals surface area contributed by atoms with Gasteiger partial charge in [0.15, 0.2) is 5.82 Å². The van der Waals surface area contributed by atoms with Gasteiger partial charge in [-0.3, -0.25) is 4.79 Å². The zero-order valence-corrected chi connectivity index (χ0v) is 8.42. The molecule has 0 aliphatic heterocycles. The lowest BCUT2D eigenvalue weighted by molar-refractivity contribution is -0.138. The van der Waals surface area contributed by atoms with Crippen LogP contribution in [0.25, 0.3) is 10.9 Å². The average molecular weight is 225 g/mol. The van der Waals surface area contributed by atoms with Gasteiger partial charge in [0.1, 0.15) is 5.82 Å². The fourth-order valence-electron chi connectivity index (χ4n) is 1.67. The molecule has 2 aromatic rings. The van der Waals surface area contributed by atoms with Crippen molar-refractivity contribution in [3.05, 3.63) is 35.5 Å². The van der Waals surface area contributed by atoms with Crippen molar-refractivity contribution < 1.29 is 18.7 Å². The minimum Gasteiger partial charge on any atom is -0.481 e. The van der Waals surface area contributed by atoms with Gasteiger partial charge in [-0.15, -0.1) is 0 Å². The predicted octanol–water partition coefficient (Wildman–Crippen LogP) is 2.63. The Hall–Kier alpha value is -1.91. The minimum atomic E-state index is -1.26. The number of hydrogen-bond donors (Lipinski definition) is 2. The van der Waals surface area contributed by atoms with Crippen molar-refractivity contribution in [2.45, 2.75) is 12.8 Å². The maximum Gasteiger partial charge on any atom is 0.310 e. The summed E-state index contributed by atoms with van der Waals surface area (Å²) in [5.41, 5.74) is -0.285. The first-order valence-electron chi connectivity index (χ1n) is 4.70. The van der Waals surface area contributed by atoms with Crippen LogP contribution in [0.3, 0.4) is 0 Å². The van der Waals surface area contributed by atoms with Crippen LogP contribution >= 0.6 is 0 Å². The number of carbonyl (C=O) groups is 1. The van der Waals surface area contributed by atoms with E-state index in [-0.39, 0.29) is 5.52 Å². The van der Waals surface area contributed by atoms with E-state index in [9.17, 15) is 13.6 Å². The number of benzene rings is 1. The van der Waals surface area contributed by atoms with Crippen molar-refractivity contribution in [2.75, 3.05) is 0 Å². The number of nitrogens with one attached hydrogen (secondary N) is 1. The Morgan fingerprint density at radius 2 is 2.19 bits per heavy atom. The summed E-state index contributed by atoms with van der Waals surface area (Å²) >= 11 is 0.